The molecule has 2 aliphatic rings. The second-order valence-corrected chi connectivity index (χ2v) is 7.42. The average Bonchev–Trinajstić information content (AvgIpc) is 3.26. The summed E-state index contributed by atoms with van der Waals surface area (Å²) in [6.45, 7) is 3.10. The Morgan fingerprint density at radius 3 is 2.37 bits per heavy atom. The van der Waals surface area contributed by atoms with E-state index in [-0.39, 0.29) is 11.8 Å². The third-order valence-electron chi connectivity index (χ3n) is 5.59. The van der Waals surface area contributed by atoms with Crippen LogP contribution in [0.15, 0.2) is 24.3 Å². The Hall–Kier alpha value is -2.37. The van der Waals surface area contributed by atoms with E-state index in [1.54, 1.807) is 24.3 Å². The summed E-state index contributed by atoms with van der Waals surface area (Å²) < 4.78 is 4.80. The maximum absolute atomic E-state index is 13.0. The second-order valence-electron chi connectivity index (χ2n) is 7.42. The lowest BCUT2D eigenvalue weighted by Crippen LogP contribution is -2.41. The Bertz CT molecular complexity index is 697. The van der Waals surface area contributed by atoms with Crippen LogP contribution in [0, 0.1) is 5.92 Å². The molecular formula is C21H28N2O4. The van der Waals surface area contributed by atoms with Crippen LogP contribution < -0.4 is 0 Å². The Kier molecular flexibility index (Phi) is 6.48. The van der Waals surface area contributed by atoms with Gasteiger partial charge in [-0.15, -0.1) is 0 Å². The van der Waals surface area contributed by atoms with Gasteiger partial charge < -0.3 is 14.5 Å². The van der Waals surface area contributed by atoms with Crippen LogP contribution >= 0.6 is 0 Å². The number of piperidine rings is 1. The minimum atomic E-state index is -0.497. The minimum absolute atomic E-state index is 0.133. The Labute approximate surface area is 160 Å². The quantitative estimate of drug-likeness (QED) is 0.746. The van der Waals surface area contributed by atoms with Crippen LogP contribution in [0.1, 0.15) is 59.2 Å². The first-order valence-electron chi connectivity index (χ1n) is 9.84. The fraction of sp³-hybridized carbons (Fsp3) is 0.571. The van der Waals surface area contributed by atoms with E-state index < -0.39 is 5.97 Å². The normalized spacial score (nSPS) is 19.8. The number of carbonyl (C=O) groups excluding carboxylic acids is 3. The van der Waals surface area contributed by atoms with Gasteiger partial charge in [0.25, 0.3) is 5.91 Å². The topological polar surface area (TPSA) is 66.9 Å². The van der Waals surface area contributed by atoms with Gasteiger partial charge in [0, 0.05) is 32.6 Å². The lowest BCUT2D eigenvalue weighted by molar-refractivity contribution is -0.130. The van der Waals surface area contributed by atoms with E-state index in [9.17, 15) is 14.4 Å². The number of esters is 1. The third-order valence-corrected chi connectivity index (χ3v) is 5.59. The lowest BCUT2D eigenvalue weighted by Gasteiger charge is -2.33. The summed E-state index contributed by atoms with van der Waals surface area (Å²) in [5.41, 5.74) is 0.689. The lowest BCUT2D eigenvalue weighted by atomic mass is 9.92. The van der Waals surface area contributed by atoms with Crippen LogP contribution in [0.2, 0.25) is 0 Å². The fourth-order valence-corrected chi connectivity index (χ4v) is 4.07. The minimum Gasteiger partial charge on any atom is -0.465 e. The molecule has 0 saturated carbocycles. The molecule has 0 bridgehead atoms. The van der Waals surface area contributed by atoms with Gasteiger partial charge in [-0.25, -0.2) is 4.79 Å². The summed E-state index contributed by atoms with van der Waals surface area (Å²) in [6.07, 6.45) is 5.56. The van der Waals surface area contributed by atoms with Crippen LogP contribution in [-0.2, 0) is 9.53 Å². The molecule has 146 valence electrons. The van der Waals surface area contributed by atoms with Crippen molar-refractivity contribution in [1.29, 1.82) is 0 Å². The van der Waals surface area contributed by atoms with Crippen molar-refractivity contribution in [1.82, 2.24) is 9.80 Å². The zero-order valence-electron chi connectivity index (χ0n) is 16.0. The van der Waals surface area contributed by atoms with Crippen molar-refractivity contribution in [3.05, 3.63) is 35.4 Å². The maximum atomic E-state index is 13.0. The highest BCUT2D eigenvalue weighted by Crippen LogP contribution is 2.24. The highest BCUT2D eigenvalue weighted by molar-refractivity contribution is 6.05. The number of benzene rings is 1. The van der Waals surface area contributed by atoms with E-state index in [0.29, 0.717) is 36.6 Å². The van der Waals surface area contributed by atoms with E-state index in [0.717, 1.165) is 45.2 Å². The van der Waals surface area contributed by atoms with Crippen molar-refractivity contribution in [2.45, 2.75) is 38.5 Å². The number of hydrogen-bond donors (Lipinski definition) is 0. The summed E-state index contributed by atoms with van der Waals surface area (Å²) in [5, 5.41) is 0. The fourth-order valence-electron chi connectivity index (χ4n) is 4.07. The number of rotatable bonds is 5. The Balaban J connectivity index is 1.60. The van der Waals surface area contributed by atoms with Gasteiger partial charge in [-0.3, -0.25) is 9.59 Å². The molecule has 6 nitrogen and oxygen atoms in total. The monoisotopic (exact) mass is 372 g/mol. The number of hydrogen-bond acceptors (Lipinski definition) is 4. The third kappa shape index (κ3) is 4.67. The van der Waals surface area contributed by atoms with Crippen molar-refractivity contribution in [2.75, 3.05) is 33.3 Å². The van der Waals surface area contributed by atoms with Gasteiger partial charge in [-0.2, -0.15) is 0 Å². The highest BCUT2D eigenvalue weighted by Gasteiger charge is 2.28. The molecular weight excluding hydrogens is 344 g/mol. The first kappa shape index (κ1) is 19.4. The molecule has 0 aliphatic carbocycles. The molecule has 2 saturated heterocycles. The first-order valence-corrected chi connectivity index (χ1v) is 9.84. The summed E-state index contributed by atoms with van der Waals surface area (Å²) in [5.74, 6) is -0.0539. The predicted octanol–water partition coefficient (Wildman–Crippen LogP) is 2.73. The molecule has 0 unspecified atom stereocenters. The maximum Gasteiger partial charge on any atom is 0.338 e. The van der Waals surface area contributed by atoms with Crippen molar-refractivity contribution in [3.63, 3.8) is 0 Å². The number of ether oxygens (including phenoxy) is 1. The van der Waals surface area contributed by atoms with Gasteiger partial charge in [0.15, 0.2) is 0 Å². The van der Waals surface area contributed by atoms with E-state index in [4.69, 9.17) is 4.74 Å². The van der Waals surface area contributed by atoms with E-state index >= 15 is 0 Å². The van der Waals surface area contributed by atoms with Crippen LogP contribution in [0.5, 0.6) is 0 Å². The van der Waals surface area contributed by atoms with E-state index in [1.807, 2.05) is 9.80 Å². The van der Waals surface area contributed by atoms with Gasteiger partial charge in [-0.05, 0) is 50.2 Å². The molecule has 0 N–H and O–H groups in total. The number of nitrogens with zero attached hydrogens (tertiary/aromatic N) is 2. The van der Waals surface area contributed by atoms with Crippen molar-refractivity contribution >= 4 is 17.8 Å². The van der Waals surface area contributed by atoms with E-state index in [1.165, 1.54) is 7.11 Å². The Morgan fingerprint density at radius 2 is 1.67 bits per heavy atom. The molecule has 3 rings (SSSR count). The molecule has 2 amide bonds. The SMILES string of the molecule is COC(=O)c1ccccc1C(=O)N1CCC[C@H](CCC(=O)N2CCCC2)C1. The summed E-state index contributed by atoms with van der Waals surface area (Å²) >= 11 is 0. The molecule has 2 heterocycles. The molecule has 0 radical (unpaired) electrons. The molecule has 0 aromatic heterocycles. The van der Waals surface area contributed by atoms with Crippen LogP contribution in [0.25, 0.3) is 0 Å². The molecule has 6 heteroatoms. The largest absolute Gasteiger partial charge is 0.465 e. The first-order chi connectivity index (χ1) is 13.1. The standard InChI is InChI=1S/C21H28N2O4/c1-27-21(26)18-9-3-2-8-17(18)20(25)23-14-6-7-16(15-23)10-11-19(24)22-12-4-5-13-22/h2-3,8-9,16H,4-7,10-15H2,1H3/t16-/m1/s1. The number of likely N-dealkylation sites (tertiary alicyclic amines) is 2. The molecule has 0 spiro atoms. The van der Waals surface area contributed by atoms with Gasteiger partial charge in [0.2, 0.25) is 5.91 Å². The van der Waals surface area contributed by atoms with Crippen LogP contribution in [0.4, 0.5) is 0 Å². The molecule has 1 aromatic rings. The zero-order valence-corrected chi connectivity index (χ0v) is 16.0. The van der Waals surface area contributed by atoms with Gasteiger partial charge in [-0.1, -0.05) is 12.1 Å². The average molecular weight is 372 g/mol. The summed E-state index contributed by atoms with van der Waals surface area (Å²) in [4.78, 5) is 41.0. The van der Waals surface area contributed by atoms with Crippen molar-refractivity contribution < 1.29 is 19.1 Å². The highest BCUT2D eigenvalue weighted by atomic mass is 16.5. The smallest absolute Gasteiger partial charge is 0.338 e. The number of amides is 2. The van der Waals surface area contributed by atoms with Gasteiger partial charge >= 0.3 is 5.97 Å². The second kappa shape index (κ2) is 9.02. The molecule has 1 aromatic carbocycles. The van der Waals surface area contributed by atoms with Crippen LogP contribution in [0.3, 0.4) is 0 Å². The van der Waals surface area contributed by atoms with Crippen LogP contribution in [-0.4, -0.2) is 60.9 Å². The summed E-state index contributed by atoms with van der Waals surface area (Å²) in [7, 11) is 1.32. The predicted molar refractivity (Wildman–Crippen MR) is 101 cm³/mol. The summed E-state index contributed by atoms with van der Waals surface area (Å²) in [6, 6.07) is 6.78. The van der Waals surface area contributed by atoms with Crippen molar-refractivity contribution in [2.24, 2.45) is 5.92 Å². The van der Waals surface area contributed by atoms with Gasteiger partial charge in [0.05, 0.1) is 18.2 Å². The number of methoxy groups -OCH3 is 1. The molecule has 27 heavy (non-hydrogen) atoms. The zero-order chi connectivity index (χ0) is 19.2. The molecule has 1 atom stereocenters. The molecule has 2 fully saturated rings. The number of carbonyl (C=O) groups is 3. The Morgan fingerprint density at radius 1 is 1.00 bits per heavy atom. The molecule has 2 aliphatic heterocycles. The van der Waals surface area contributed by atoms with E-state index in [2.05, 4.69) is 0 Å². The van der Waals surface area contributed by atoms with Crippen molar-refractivity contribution in [3.8, 4) is 0 Å². The van der Waals surface area contributed by atoms with Gasteiger partial charge in [0.1, 0.15) is 0 Å².